The minimum atomic E-state index is -1.78. The van der Waals surface area contributed by atoms with Crippen LogP contribution in [0.3, 0.4) is 0 Å². The monoisotopic (exact) mass is 1100 g/mol. The van der Waals surface area contributed by atoms with E-state index in [-0.39, 0.29) is 18.9 Å². The molecule has 2 aliphatic rings. The standard InChI is InChI=1S/C63H119NO13/c1-3-5-7-9-11-13-15-17-18-19-20-21-22-23-24-25-26-27-28-29-30-31-32-33-35-36-38-40-42-44-46-52(67)51(64-55(68)47-45-43-41-39-37-34-16-14-12-10-8-6-4-2)50-74-62-60(73)58(71)61(54(49-66)76-62)77-63-59(72)57(70)56(69)53(48-65)75-63/h8,10,14,16,51-54,56-63,65-67,69-73H,3-7,9,11-13,15,17-50H2,1-2H3,(H,64,68)/b10-8-,16-14-. The molecule has 14 heteroatoms. The maximum atomic E-state index is 13.2. The maximum Gasteiger partial charge on any atom is 0.220 e. The lowest BCUT2D eigenvalue weighted by atomic mass is 9.97. The Balaban J connectivity index is 1.65. The van der Waals surface area contributed by atoms with Crippen molar-refractivity contribution in [2.75, 3.05) is 19.8 Å². The van der Waals surface area contributed by atoms with Crippen LogP contribution in [-0.2, 0) is 23.7 Å². The average Bonchev–Trinajstić information content (AvgIpc) is 3.44. The van der Waals surface area contributed by atoms with E-state index >= 15 is 0 Å². The van der Waals surface area contributed by atoms with Gasteiger partial charge in [0.2, 0.25) is 5.91 Å². The molecule has 1 amide bonds. The number of carbonyl (C=O) groups is 1. The van der Waals surface area contributed by atoms with Crippen molar-refractivity contribution in [3.05, 3.63) is 24.3 Å². The Morgan fingerprint density at radius 1 is 0.468 bits per heavy atom. The molecule has 0 aliphatic carbocycles. The van der Waals surface area contributed by atoms with Gasteiger partial charge in [0.15, 0.2) is 12.6 Å². The molecule has 77 heavy (non-hydrogen) atoms. The summed E-state index contributed by atoms with van der Waals surface area (Å²) in [6.07, 6.45) is 42.1. The van der Waals surface area contributed by atoms with E-state index in [0.29, 0.717) is 12.8 Å². The first-order chi connectivity index (χ1) is 37.6. The summed E-state index contributed by atoms with van der Waals surface area (Å²) >= 11 is 0. The van der Waals surface area contributed by atoms with Gasteiger partial charge in [-0.2, -0.15) is 0 Å². The summed E-state index contributed by atoms with van der Waals surface area (Å²) in [6.45, 7) is 2.81. The summed E-state index contributed by atoms with van der Waals surface area (Å²) in [7, 11) is 0. The van der Waals surface area contributed by atoms with Gasteiger partial charge >= 0.3 is 0 Å². The number of allylic oxidation sites excluding steroid dienone is 4. The van der Waals surface area contributed by atoms with Crippen LogP contribution in [0.4, 0.5) is 0 Å². The van der Waals surface area contributed by atoms with Crippen LogP contribution in [0.5, 0.6) is 0 Å². The van der Waals surface area contributed by atoms with E-state index in [9.17, 15) is 45.6 Å². The molecular formula is C63H119NO13. The third-order valence-corrected chi connectivity index (χ3v) is 15.9. The zero-order valence-electron chi connectivity index (χ0n) is 49.0. The Kier molecular flexibility index (Phi) is 45.7. The second-order valence-electron chi connectivity index (χ2n) is 22.9. The summed E-state index contributed by atoms with van der Waals surface area (Å²) in [5, 5.41) is 87.3. The Morgan fingerprint density at radius 3 is 1.35 bits per heavy atom. The molecule has 2 heterocycles. The molecule has 0 radical (unpaired) electrons. The van der Waals surface area contributed by atoms with Crippen molar-refractivity contribution >= 4 is 5.91 Å². The van der Waals surface area contributed by atoms with E-state index in [1.165, 1.54) is 167 Å². The lowest BCUT2D eigenvalue weighted by Crippen LogP contribution is -2.65. The molecule has 0 bridgehead atoms. The Labute approximate surface area is 468 Å². The van der Waals surface area contributed by atoms with Crippen LogP contribution in [-0.4, -0.2) is 140 Å². The molecule has 12 atom stereocenters. The average molecular weight is 1100 g/mol. The number of nitrogens with one attached hydrogen (secondary N) is 1. The third kappa shape index (κ3) is 34.5. The molecule has 2 fully saturated rings. The Bertz CT molecular complexity index is 1390. The van der Waals surface area contributed by atoms with Crippen molar-refractivity contribution in [2.45, 2.75) is 351 Å². The Hall–Kier alpha value is -1.53. The smallest absolute Gasteiger partial charge is 0.220 e. The quantitative estimate of drug-likeness (QED) is 0.0204. The van der Waals surface area contributed by atoms with Crippen LogP contribution in [0.15, 0.2) is 24.3 Å². The van der Waals surface area contributed by atoms with Gasteiger partial charge in [0, 0.05) is 6.42 Å². The number of ether oxygens (including phenoxy) is 4. The molecule has 2 rings (SSSR count). The SMILES string of the molecule is CCC/C=C\C/C=C\CCCCCCCC(=O)NC(COC1OC(CO)C(OC2OC(CO)C(O)C(O)C2O)C(O)C1O)C(O)CCCCCCCCCCCCCCCCCCCCCCCCCCCCCCCC. The van der Waals surface area contributed by atoms with E-state index in [0.717, 1.165) is 77.0 Å². The molecule has 12 unspecified atom stereocenters. The molecule has 0 saturated carbocycles. The number of aliphatic hydroxyl groups is 8. The summed E-state index contributed by atoms with van der Waals surface area (Å²) in [5.74, 6) is -0.219. The van der Waals surface area contributed by atoms with Gasteiger partial charge < -0.3 is 65.1 Å². The molecular weight excluding hydrogens is 979 g/mol. The van der Waals surface area contributed by atoms with Crippen molar-refractivity contribution < 1.29 is 64.6 Å². The van der Waals surface area contributed by atoms with E-state index in [1.807, 2.05) is 0 Å². The van der Waals surface area contributed by atoms with Crippen molar-refractivity contribution in [1.82, 2.24) is 5.32 Å². The molecule has 0 aromatic rings. The number of aliphatic hydroxyl groups excluding tert-OH is 8. The predicted molar refractivity (Wildman–Crippen MR) is 309 cm³/mol. The van der Waals surface area contributed by atoms with E-state index in [2.05, 4.69) is 43.5 Å². The van der Waals surface area contributed by atoms with Gasteiger partial charge in [-0.1, -0.05) is 256 Å². The van der Waals surface area contributed by atoms with Crippen LogP contribution in [0.1, 0.15) is 277 Å². The topological polar surface area (TPSA) is 228 Å². The second-order valence-corrected chi connectivity index (χ2v) is 22.9. The maximum absolute atomic E-state index is 13.2. The zero-order chi connectivity index (χ0) is 56.0. The van der Waals surface area contributed by atoms with Crippen molar-refractivity contribution in [2.24, 2.45) is 0 Å². The second kappa shape index (κ2) is 49.1. The van der Waals surface area contributed by atoms with Gasteiger partial charge in [-0.05, 0) is 38.5 Å². The van der Waals surface area contributed by atoms with Crippen LogP contribution in [0, 0.1) is 0 Å². The van der Waals surface area contributed by atoms with Gasteiger partial charge in [0.25, 0.3) is 0 Å². The first-order valence-corrected chi connectivity index (χ1v) is 32.1. The fourth-order valence-electron chi connectivity index (χ4n) is 10.7. The van der Waals surface area contributed by atoms with Crippen molar-refractivity contribution in [1.29, 1.82) is 0 Å². The summed E-state index contributed by atoms with van der Waals surface area (Å²) in [4.78, 5) is 13.2. The Morgan fingerprint density at radius 2 is 0.883 bits per heavy atom. The summed E-state index contributed by atoms with van der Waals surface area (Å²) < 4.78 is 22.8. The lowest BCUT2D eigenvalue weighted by molar-refractivity contribution is -0.359. The first-order valence-electron chi connectivity index (χ1n) is 32.1. The number of hydrogen-bond donors (Lipinski definition) is 9. The molecule has 0 aromatic heterocycles. The van der Waals surface area contributed by atoms with Crippen LogP contribution in [0.2, 0.25) is 0 Å². The minimum Gasteiger partial charge on any atom is -0.394 e. The molecule has 0 spiro atoms. The number of carbonyl (C=O) groups excluding carboxylic acids is 1. The van der Waals surface area contributed by atoms with Gasteiger partial charge in [-0.15, -0.1) is 0 Å². The fraction of sp³-hybridized carbons (Fsp3) is 0.921. The van der Waals surface area contributed by atoms with Crippen molar-refractivity contribution in [3.63, 3.8) is 0 Å². The van der Waals surface area contributed by atoms with Crippen LogP contribution < -0.4 is 5.32 Å². The van der Waals surface area contributed by atoms with Crippen molar-refractivity contribution in [3.8, 4) is 0 Å². The van der Waals surface area contributed by atoms with Gasteiger partial charge in [0.1, 0.15) is 48.8 Å². The highest BCUT2D eigenvalue weighted by atomic mass is 16.7. The highest BCUT2D eigenvalue weighted by Crippen LogP contribution is 2.30. The van der Waals surface area contributed by atoms with Gasteiger partial charge in [-0.25, -0.2) is 0 Å². The minimum absolute atomic E-state index is 0.219. The number of hydrogen-bond acceptors (Lipinski definition) is 13. The third-order valence-electron chi connectivity index (χ3n) is 15.9. The number of amides is 1. The van der Waals surface area contributed by atoms with E-state index < -0.39 is 86.8 Å². The summed E-state index contributed by atoms with van der Waals surface area (Å²) in [5.41, 5.74) is 0. The highest BCUT2D eigenvalue weighted by molar-refractivity contribution is 5.76. The first kappa shape index (κ1) is 71.6. The molecule has 0 aromatic carbocycles. The van der Waals surface area contributed by atoms with Gasteiger partial charge in [-0.3, -0.25) is 4.79 Å². The van der Waals surface area contributed by atoms with E-state index in [1.54, 1.807) is 0 Å². The predicted octanol–water partition coefficient (Wildman–Crippen LogP) is 11.6. The molecule has 454 valence electrons. The highest BCUT2D eigenvalue weighted by Gasteiger charge is 2.51. The number of unbranched alkanes of at least 4 members (excludes halogenated alkanes) is 35. The van der Waals surface area contributed by atoms with Gasteiger partial charge in [0.05, 0.1) is 32.0 Å². The molecule has 9 N–H and O–H groups in total. The number of rotatable bonds is 52. The normalized spacial score (nSPS) is 24.8. The fourth-order valence-corrected chi connectivity index (χ4v) is 10.7. The largest absolute Gasteiger partial charge is 0.394 e. The van der Waals surface area contributed by atoms with E-state index in [4.69, 9.17) is 18.9 Å². The van der Waals surface area contributed by atoms with Crippen LogP contribution in [0.25, 0.3) is 0 Å². The molecule has 2 aliphatic heterocycles. The lowest BCUT2D eigenvalue weighted by Gasteiger charge is -2.46. The van der Waals surface area contributed by atoms with Crippen LogP contribution >= 0.6 is 0 Å². The zero-order valence-corrected chi connectivity index (χ0v) is 49.0. The molecule has 14 nitrogen and oxygen atoms in total. The summed E-state index contributed by atoms with van der Waals surface area (Å²) in [6, 6.07) is -0.835. The molecule has 2 saturated heterocycles.